The molecule has 0 atom stereocenters. The molecular weight excluding hydrogens is 678 g/mol. The van der Waals surface area contributed by atoms with Crippen molar-refractivity contribution in [2.45, 2.75) is 58.0 Å². The Kier molecular flexibility index (Phi) is 10.5. The number of carbonyl (C=O) groups excluding carboxylic acids is 2. The predicted molar refractivity (Wildman–Crippen MR) is 193 cm³/mol. The second-order valence-electron chi connectivity index (χ2n) is 12.2. The largest absolute Gasteiger partial charge is 0.467 e. The predicted octanol–water partition coefficient (Wildman–Crippen LogP) is 8.21. The van der Waals surface area contributed by atoms with Crippen molar-refractivity contribution in [3.8, 4) is 0 Å². The standard InChI is InChI=1S/C38H40ClN3O7S/c1-4-42(50(45,46)30-17-18-35-32(23-30)26(3)36(49-35)38(44)47-5-2)34-22-28(40-19-9-6-10-20-40)16-15-27(34)24-41(25-29-12-11-21-48-29)37(43)31-13-7-8-14-33(31)39/h7-8,11-18,21-23H,4-6,9-10,19-20,24-25H2,1-3H3. The van der Waals surface area contributed by atoms with Gasteiger partial charge in [0, 0.05) is 42.8 Å². The van der Waals surface area contributed by atoms with Gasteiger partial charge in [-0.3, -0.25) is 9.10 Å². The van der Waals surface area contributed by atoms with Crippen LogP contribution in [0.25, 0.3) is 11.0 Å². The van der Waals surface area contributed by atoms with E-state index in [4.69, 9.17) is 25.2 Å². The molecule has 1 saturated heterocycles. The lowest BCUT2D eigenvalue weighted by molar-refractivity contribution is 0.0491. The summed E-state index contributed by atoms with van der Waals surface area (Å²) < 4.78 is 47.1. The van der Waals surface area contributed by atoms with Crippen molar-refractivity contribution >= 4 is 55.8 Å². The fraction of sp³-hybridized carbons (Fsp3) is 0.316. The topological polar surface area (TPSA) is 114 Å². The molecule has 10 nitrogen and oxygen atoms in total. The molecule has 0 bridgehead atoms. The number of aryl methyl sites for hydroxylation is 1. The average molecular weight is 718 g/mol. The van der Waals surface area contributed by atoms with Crippen LogP contribution in [-0.2, 0) is 27.8 Å². The van der Waals surface area contributed by atoms with Crippen LogP contribution in [0.5, 0.6) is 0 Å². The average Bonchev–Trinajstić information content (AvgIpc) is 3.76. The Bertz CT molecular complexity index is 2100. The second-order valence-corrected chi connectivity index (χ2v) is 14.5. The first-order chi connectivity index (χ1) is 24.1. The number of halogens is 1. The summed E-state index contributed by atoms with van der Waals surface area (Å²) in [5.74, 6) is -0.310. The lowest BCUT2D eigenvalue weighted by Crippen LogP contribution is -2.35. The normalized spacial score (nSPS) is 13.4. The van der Waals surface area contributed by atoms with Crippen molar-refractivity contribution in [1.29, 1.82) is 0 Å². The van der Waals surface area contributed by atoms with Crippen molar-refractivity contribution in [2.75, 3.05) is 35.4 Å². The third-order valence-corrected chi connectivity index (χ3v) is 11.2. The van der Waals surface area contributed by atoms with E-state index in [9.17, 15) is 18.0 Å². The molecule has 1 amide bonds. The fourth-order valence-electron chi connectivity index (χ4n) is 6.42. The first kappa shape index (κ1) is 35.1. The molecule has 50 heavy (non-hydrogen) atoms. The van der Waals surface area contributed by atoms with E-state index in [-0.39, 0.29) is 42.8 Å². The molecule has 3 heterocycles. The zero-order valence-corrected chi connectivity index (χ0v) is 29.9. The van der Waals surface area contributed by atoms with E-state index in [0.717, 1.165) is 38.0 Å². The molecule has 0 unspecified atom stereocenters. The van der Waals surface area contributed by atoms with Gasteiger partial charge < -0.3 is 23.4 Å². The Labute approximate surface area is 297 Å². The van der Waals surface area contributed by atoms with E-state index in [1.165, 1.54) is 16.4 Å². The van der Waals surface area contributed by atoms with Gasteiger partial charge in [-0.2, -0.15) is 0 Å². The Morgan fingerprint density at radius 3 is 2.42 bits per heavy atom. The summed E-state index contributed by atoms with van der Waals surface area (Å²) in [6.07, 6.45) is 4.80. The molecule has 0 aliphatic carbocycles. The summed E-state index contributed by atoms with van der Waals surface area (Å²) in [6.45, 7) is 7.45. The number of ether oxygens (including phenoxy) is 1. The van der Waals surface area contributed by atoms with Crippen molar-refractivity contribution in [2.24, 2.45) is 0 Å². The number of hydrogen-bond donors (Lipinski definition) is 0. The molecular formula is C38H40ClN3O7S. The molecule has 6 rings (SSSR count). The van der Waals surface area contributed by atoms with Crippen LogP contribution in [-0.4, -0.2) is 51.4 Å². The van der Waals surface area contributed by atoms with Crippen LogP contribution in [0.15, 0.2) is 92.8 Å². The van der Waals surface area contributed by atoms with E-state index in [1.54, 1.807) is 74.4 Å². The number of hydrogen-bond acceptors (Lipinski definition) is 8. The van der Waals surface area contributed by atoms with Gasteiger partial charge in [-0.25, -0.2) is 13.2 Å². The van der Waals surface area contributed by atoms with Crippen LogP contribution in [0, 0.1) is 6.92 Å². The van der Waals surface area contributed by atoms with Gasteiger partial charge in [0.25, 0.3) is 15.9 Å². The van der Waals surface area contributed by atoms with Gasteiger partial charge in [0.2, 0.25) is 5.76 Å². The van der Waals surface area contributed by atoms with Gasteiger partial charge in [-0.1, -0.05) is 29.8 Å². The third-order valence-electron chi connectivity index (χ3n) is 8.98. The number of furan rings is 2. The van der Waals surface area contributed by atoms with E-state index >= 15 is 0 Å². The molecule has 0 saturated carbocycles. The zero-order valence-electron chi connectivity index (χ0n) is 28.4. The van der Waals surface area contributed by atoms with E-state index in [2.05, 4.69) is 4.90 Å². The maximum Gasteiger partial charge on any atom is 0.374 e. The minimum Gasteiger partial charge on any atom is -0.467 e. The maximum absolute atomic E-state index is 14.6. The molecule has 262 valence electrons. The number of nitrogens with zero attached hydrogens (tertiary/aromatic N) is 3. The molecule has 0 spiro atoms. The number of rotatable bonds is 12. The smallest absolute Gasteiger partial charge is 0.374 e. The van der Waals surface area contributed by atoms with E-state index in [1.807, 2.05) is 18.2 Å². The number of amides is 1. The summed E-state index contributed by atoms with van der Waals surface area (Å²) in [6, 6.07) is 20.8. The van der Waals surface area contributed by atoms with Crippen LogP contribution in [0.1, 0.15) is 70.9 Å². The number of anilines is 2. The van der Waals surface area contributed by atoms with Crippen molar-refractivity contribution in [3.63, 3.8) is 0 Å². The SMILES string of the molecule is CCOC(=O)c1oc2ccc(S(=O)(=O)N(CC)c3cc(N4CCCCC4)ccc3CN(Cc3ccco3)C(=O)c3ccccc3Cl)cc2c1C. The number of fused-ring (bicyclic) bond motifs is 1. The molecule has 5 aromatic rings. The number of piperidine rings is 1. The summed E-state index contributed by atoms with van der Waals surface area (Å²) in [7, 11) is -4.15. The highest BCUT2D eigenvalue weighted by atomic mass is 35.5. The van der Waals surface area contributed by atoms with E-state index < -0.39 is 16.0 Å². The first-order valence-corrected chi connectivity index (χ1v) is 18.6. The number of sulfonamides is 1. The summed E-state index contributed by atoms with van der Waals surface area (Å²) >= 11 is 6.48. The van der Waals surface area contributed by atoms with Crippen molar-refractivity contribution in [1.82, 2.24) is 4.90 Å². The van der Waals surface area contributed by atoms with Gasteiger partial charge in [0.05, 0.1) is 40.6 Å². The highest BCUT2D eigenvalue weighted by molar-refractivity contribution is 7.92. The van der Waals surface area contributed by atoms with Crippen LogP contribution < -0.4 is 9.21 Å². The highest BCUT2D eigenvalue weighted by Crippen LogP contribution is 2.36. The lowest BCUT2D eigenvalue weighted by Gasteiger charge is -2.32. The minimum absolute atomic E-state index is 0.0417. The zero-order chi connectivity index (χ0) is 35.4. The van der Waals surface area contributed by atoms with Crippen LogP contribution >= 0.6 is 11.6 Å². The van der Waals surface area contributed by atoms with Crippen LogP contribution in [0.2, 0.25) is 5.02 Å². The first-order valence-electron chi connectivity index (χ1n) is 16.8. The Morgan fingerprint density at radius 1 is 0.940 bits per heavy atom. The molecule has 3 aromatic carbocycles. The molecule has 12 heteroatoms. The molecule has 0 radical (unpaired) electrons. The Morgan fingerprint density at radius 2 is 1.72 bits per heavy atom. The molecule has 1 aliphatic heterocycles. The highest BCUT2D eigenvalue weighted by Gasteiger charge is 2.30. The number of benzene rings is 3. The molecule has 1 aliphatic rings. The Balaban J connectivity index is 1.44. The van der Waals surface area contributed by atoms with Gasteiger partial charge in [-0.15, -0.1) is 0 Å². The lowest BCUT2D eigenvalue weighted by atomic mass is 10.1. The molecule has 0 N–H and O–H groups in total. The van der Waals surface area contributed by atoms with Gasteiger partial charge in [0.15, 0.2) is 0 Å². The maximum atomic E-state index is 14.6. The number of esters is 1. The Hall–Kier alpha value is -4.74. The fourth-order valence-corrected chi connectivity index (χ4v) is 8.16. The van der Waals surface area contributed by atoms with E-state index in [0.29, 0.717) is 44.1 Å². The third kappa shape index (κ3) is 7.11. The van der Waals surface area contributed by atoms with Gasteiger partial charge >= 0.3 is 5.97 Å². The van der Waals surface area contributed by atoms with Crippen molar-refractivity contribution in [3.05, 3.63) is 112 Å². The van der Waals surface area contributed by atoms with Crippen molar-refractivity contribution < 1.29 is 31.6 Å². The minimum atomic E-state index is -4.15. The summed E-state index contributed by atoms with van der Waals surface area (Å²) in [5, 5.41) is 0.818. The molecule has 1 fully saturated rings. The quantitative estimate of drug-likeness (QED) is 0.119. The monoisotopic (exact) mass is 717 g/mol. The second kappa shape index (κ2) is 15.0. The van der Waals surface area contributed by atoms with Gasteiger partial charge in [0.1, 0.15) is 11.3 Å². The van der Waals surface area contributed by atoms with Crippen LogP contribution in [0.4, 0.5) is 11.4 Å². The summed E-state index contributed by atoms with van der Waals surface area (Å²) in [4.78, 5) is 30.5. The summed E-state index contributed by atoms with van der Waals surface area (Å²) in [5.41, 5.74) is 3.21. The number of carbonyl (C=O) groups is 2. The van der Waals surface area contributed by atoms with Crippen LogP contribution in [0.3, 0.4) is 0 Å². The van der Waals surface area contributed by atoms with Gasteiger partial charge in [-0.05, 0) is 100 Å². The molecule has 2 aromatic heterocycles.